The molecule has 1 N–H and O–H groups in total. The third-order valence-corrected chi connectivity index (χ3v) is 6.18. The van der Waals surface area contributed by atoms with Gasteiger partial charge in [-0.2, -0.15) is 0 Å². The van der Waals surface area contributed by atoms with Crippen LogP contribution in [0.25, 0.3) is 0 Å². The Kier molecular flexibility index (Phi) is 6.97. The van der Waals surface area contributed by atoms with Crippen LogP contribution >= 0.6 is 11.8 Å². The van der Waals surface area contributed by atoms with Crippen molar-refractivity contribution >= 4 is 17.7 Å². The Morgan fingerprint density at radius 2 is 2.10 bits per heavy atom. The molecular weight excluding hydrogens is 398 g/mol. The Balaban J connectivity index is 2.06. The molecule has 8 heteroatoms. The molecule has 0 bridgehead atoms. The van der Waals surface area contributed by atoms with E-state index in [9.17, 15) is 18.7 Å². The van der Waals surface area contributed by atoms with Crippen molar-refractivity contribution in [3.05, 3.63) is 57.6 Å². The van der Waals surface area contributed by atoms with Gasteiger partial charge >= 0.3 is 5.97 Å². The minimum absolute atomic E-state index is 0.143. The Labute approximate surface area is 174 Å². The van der Waals surface area contributed by atoms with Gasteiger partial charge in [-0.15, -0.1) is 11.8 Å². The molecule has 29 heavy (non-hydrogen) atoms. The molecule has 1 saturated heterocycles. The Morgan fingerprint density at radius 3 is 2.72 bits per heavy atom. The van der Waals surface area contributed by atoms with Gasteiger partial charge in [0.25, 0.3) is 0 Å². The van der Waals surface area contributed by atoms with Gasteiger partial charge in [-0.1, -0.05) is 13.0 Å². The summed E-state index contributed by atoms with van der Waals surface area (Å²) in [5.74, 6) is -2.10. The van der Waals surface area contributed by atoms with Crippen LogP contribution in [0.15, 0.2) is 40.5 Å². The first-order chi connectivity index (χ1) is 13.8. The fraction of sp³-hybridized carbons (Fsp3) is 0.476. The highest BCUT2D eigenvalue weighted by molar-refractivity contribution is 8.03. The standard InChI is InChI=1S/C21H26F2N2O3S/c1-4-29-20-19(21(26)27)13(2)9-18(24-7-8-28-12-14(24)3)25(20)11-15-5-6-16(22)17(23)10-15/h5-6,9-10,14,18H,4,7-8,11-12H2,1-3H3,(H,26,27)/t14-,18?/m1/s1. The highest BCUT2D eigenvalue weighted by Gasteiger charge is 2.36. The molecule has 0 amide bonds. The topological polar surface area (TPSA) is 53.0 Å². The molecule has 0 aromatic heterocycles. The molecule has 3 rings (SSSR count). The predicted molar refractivity (Wildman–Crippen MR) is 109 cm³/mol. The maximum Gasteiger partial charge on any atom is 0.338 e. The summed E-state index contributed by atoms with van der Waals surface area (Å²) < 4.78 is 32.8. The second-order valence-electron chi connectivity index (χ2n) is 7.22. The molecule has 2 aliphatic rings. The summed E-state index contributed by atoms with van der Waals surface area (Å²) in [6.45, 7) is 8.01. The molecule has 0 spiro atoms. The minimum Gasteiger partial charge on any atom is -0.478 e. The lowest BCUT2D eigenvalue weighted by atomic mass is 10.0. The average molecular weight is 425 g/mol. The molecule has 0 aliphatic carbocycles. The van der Waals surface area contributed by atoms with Gasteiger partial charge in [0.1, 0.15) is 6.17 Å². The lowest BCUT2D eigenvalue weighted by Crippen LogP contribution is -2.56. The maximum absolute atomic E-state index is 13.8. The number of carboxylic acids is 1. The van der Waals surface area contributed by atoms with Crippen LogP contribution in [-0.4, -0.2) is 58.6 Å². The third kappa shape index (κ3) is 4.65. The first kappa shape index (κ1) is 21.8. The van der Waals surface area contributed by atoms with Crippen LogP contribution in [0.4, 0.5) is 8.78 Å². The van der Waals surface area contributed by atoms with Gasteiger partial charge in [-0.25, -0.2) is 13.6 Å². The number of thioether (sulfide) groups is 1. The summed E-state index contributed by atoms with van der Waals surface area (Å²) in [5, 5.41) is 10.5. The zero-order chi connectivity index (χ0) is 21.1. The Hall–Kier alpha value is -1.90. The van der Waals surface area contributed by atoms with Crippen LogP contribution < -0.4 is 0 Å². The van der Waals surface area contributed by atoms with Crippen LogP contribution in [0.3, 0.4) is 0 Å². The van der Waals surface area contributed by atoms with Crippen molar-refractivity contribution in [1.82, 2.24) is 9.80 Å². The van der Waals surface area contributed by atoms with Crippen molar-refractivity contribution in [3.8, 4) is 0 Å². The summed E-state index contributed by atoms with van der Waals surface area (Å²) in [4.78, 5) is 16.3. The van der Waals surface area contributed by atoms with Gasteiger partial charge in [-0.05, 0) is 48.9 Å². The number of rotatable bonds is 6. The normalized spacial score (nSPS) is 23.3. The number of halogens is 2. The molecule has 1 aromatic carbocycles. The van der Waals surface area contributed by atoms with Crippen molar-refractivity contribution in [2.75, 3.05) is 25.5 Å². The molecule has 2 atom stereocenters. The third-order valence-electron chi connectivity index (χ3n) is 5.18. The van der Waals surface area contributed by atoms with E-state index in [1.807, 2.05) is 24.8 Å². The lowest BCUT2D eigenvalue weighted by Gasteiger charge is -2.47. The predicted octanol–water partition coefficient (Wildman–Crippen LogP) is 3.82. The molecule has 0 saturated carbocycles. The zero-order valence-corrected chi connectivity index (χ0v) is 17.6. The molecule has 2 heterocycles. The number of nitrogens with zero attached hydrogens (tertiary/aromatic N) is 2. The highest BCUT2D eigenvalue weighted by Crippen LogP contribution is 2.37. The van der Waals surface area contributed by atoms with Gasteiger partial charge in [-0.3, -0.25) is 4.90 Å². The fourth-order valence-corrected chi connectivity index (χ4v) is 4.79. The highest BCUT2D eigenvalue weighted by atomic mass is 32.2. The van der Waals surface area contributed by atoms with Gasteiger partial charge in [0.05, 0.1) is 23.8 Å². The SMILES string of the molecule is CCSC1=C(C(=O)O)C(C)=CC(N2CCOC[C@H]2C)N1Cc1ccc(F)c(F)c1. The number of hydrogen-bond acceptors (Lipinski definition) is 5. The monoisotopic (exact) mass is 424 g/mol. The van der Waals surface area contributed by atoms with E-state index in [1.165, 1.54) is 23.9 Å². The van der Waals surface area contributed by atoms with E-state index in [0.717, 1.165) is 6.07 Å². The number of morpholine rings is 1. The molecule has 2 aliphatic heterocycles. The summed E-state index contributed by atoms with van der Waals surface area (Å²) in [5.41, 5.74) is 1.55. The van der Waals surface area contributed by atoms with Gasteiger partial charge < -0.3 is 14.7 Å². The fourth-order valence-electron chi connectivity index (χ4n) is 3.79. The van der Waals surface area contributed by atoms with E-state index in [4.69, 9.17) is 4.74 Å². The van der Waals surface area contributed by atoms with E-state index in [1.54, 1.807) is 0 Å². The van der Waals surface area contributed by atoms with Gasteiger partial charge in [0.2, 0.25) is 0 Å². The van der Waals surface area contributed by atoms with Crippen LogP contribution in [0.1, 0.15) is 26.3 Å². The summed E-state index contributed by atoms with van der Waals surface area (Å²) in [7, 11) is 0. The van der Waals surface area contributed by atoms with Crippen molar-refractivity contribution in [1.29, 1.82) is 0 Å². The minimum atomic E-state index is -0.988. The second-order valence-corrected chi connectivity index (χ2v) is 8.47. The van der Waals surface area contributed by atoms with Crippen molar-refractivity contribution in [3.63, 3.8) is 0 Å². The number of carbonyl (C=O) groups is 1. The molecule has 158 valence electrons. The number of carboxylic acid groups (broad SMARTS) is 1. The average Bonchev–Trinajstić information content (AvgIpc) is 2.67. The summed E-state index contributed by atoms with van der Waals surface area (Å²) >= 11 is 1.45. The van der Waals surface area contributed by atoms with Crippen LogP contribution in [0.5, 0.6) is 0 Å². The van der Waals surface area contributed by atoms with E-state index in [2.05, 4.69) is 11.8 Å². The quantitative estimate of drug-likeness (QED) is 0.749. The molecular formula is C21H26F2N2O3S. The number of aliphatic carboxylic acids is 1. The molecule has 1 aromatic rings. The molecule has 0 radical (unpaired) electrons. The van der Waals surface area contributed by atoms with Crippen molar-refractivity contribution in [2.24, 2.45) is 0 Å². The van der Waals surface area contributed by atoms with Crippen molar-refractivity contribution in [2.45, 2.75) is 39.5 Å². The maximum atomic E-state index is 13.8. The van der Waals surface area contributed by atoms with Gasteiger partial charge in [0, 0.05) is 19.1 Å². The van der Waals surface area contributed by atoms with Crippen LogP contribution in [-0.2, 0) is 16.1 Å². The molecule has 1 fully saturated rings. The smallest absolute Gasteiger partial charge is 0.338 e. The van der Waals surface area contributed by atoms with Crippen LogP contribution in [0, 0.1) is 11.6 Å². The zero-order valence-electron chi connectivity index (χ0n) is 16.8. The first-order valence-corrected chi connectivity index (χ1v) is 10.6. The number of hydrogen-bond donors (Lipinski definition) is 1. The molecule has 1 unspecified atom stereocenters. The Bertz CT molecular complexity index is 843. The largest absolute Gasteiger partial charge is 0.478 e. The first-order valence-electron chi connectivity index (χ1n) is 9.66. The van der Waals surface area contributed by atoms with E-state index in [0.29, 0.717) is 41.7 Å². The summed E-state index contributed by atoms with van der Waals surface area (Å²) in [6.07, 6.45) is 1.75. The van der Waals surface area contributed by atoms with Gasteiger partial charge in [0.15, 0.2) is 11.6 Å². The van der Waals surface area contributed by atoms with E-state index < -0.39 is 17.6 Å². The molecule has 5 nitrogen and oxygen atoms in total. The van der Waals surface area contributed by atoms with Crippen molar-refractivity contribution < 1.29 is 23.4 Å². The van der Waals surface area contributed by atoms with Crippen LogP contribution in [0.2, 0.25) is 0 Å². The second kappa shape index (κ2) is 9.28. The Morgan fingerprint density at radius 1 is 1.34 bits per heavy atom. The number of benzene rings is 1. The summed E-state index contributed by atoms with van der Waals surface area (Å²) in [6, 6.07) is 3.97. The lowest BCUT2D eigenvalue weighted by molar-refractivity contribution is -0.132. The van der Waals surface area contributed by atoms with E-state index >= 15 is 0 Å². The van der Waals surface area contributed by atoms with E-state index in [-0.39, 0.29) is 24.3 Å². The number of ether oxygens (including phenoxy) is 1.